The standard InChI is InChI=1S/C22H26N2O3/c1-22(2)15-19(18-5-3-4-6-20(18)27-22)23-21(25)16-7-9-17(10-8-16)24-11-13-26-14-12-24/h3-10,19H,11-15H2,1-2H3,(H,23,25)/t19-/m1/s1. The summed E-state index contributed by atoms with van der Waals surface area (Å²) in [4.78, 5) is 15.1. The fourth-order valence-electron chi connectivity index (χ4n) is 3.82. The topological polar surface area (TPSA) is 50.8 Å². The Bertz CT molecular complexity index is 811. The Hall–Kier alpha value is -2.53. The van der Waals surface area contributed by atoms with Crippen LogP contribution in [-0.2, 0) is 4.74 Å². The van der Waals surface area contributed by atoms with Gasteiger partial charge in [0.1, 0.15) is 11.4 Å². The third-order valence-electron chi connectivity index (χ3n) is 5.19. The van der Waals surface area contributed by atoms with E-state index in [2.05, 4.69) is 24.1 Å². The molecule has 4 rings (SSSR count). The van der Waals surface area contributed by atoms with Crippen LogP contribution in [0.25, 0.3) is 0 Å². The molecule has 0 aliphatic carbocycles. The van der Waals surface area contributed by atoms with Crippen LogP contribution in [-0.4, -0.2) is 37.8 Å². The summed E-state index contributed by atoms with van der Waals surface area (Å²) in [6, 6.07) is 15.7. The van der Waals surface area contributed by atoms with Crippen LogP contribution >= 0.6 is 0 Å². The highest BCUT2D eigenvalue weighted by atomic mass is 16.5. The van der Waals surface area contributed by atoms with E-state index in [-0.39, 0.29) is 17.6 Å². The van der Waals surface area contributed by atoms with Gasteiger partial charge in [-0.3, -0.25) is 4.79 Å². The molecule has 2 aromatic rings. The van der Waals surface area contributed by atoms with E-state index in [9.17, 15) is 4.79 Å². The molecule has 2 aromatic carbocycles. The van der Waals surface area contributed by atoms with Crippen molar-refractivity contribution in [1.29, 1.82) is 0 Å². The molecule has 142 valence electrons. The second kappa shape index (κ2) is 7.24. The Morgan fingerprint density at radius 1 is 1.07 bits per heavy atom. The van der Waals surface area contributed by atoms with Gasteiger partial charge in [0.2, 0.25) is 0 Å². The summed E-state index contributed by atoms with van der Waals surface area (Å²) in [6.07, 6.45) is 0.738. The number of hydrogen-bond acceptors (Lipinski definition) is 4. The Labute approximate surface area is 160 Å². The van der Waals surface area contributed by atoms with Crippen LogP contribution in [0, 0.1) is 0 Å². The Kier molecular flexibility index (Phi) is 4.79. The summed E-state index contributed by atoms with van der Waals surface area (Å²) in [5.41, 5.74) is 2.53. The maximum atomic E-state index is 12.8. The van der Waals surface area contributed by atoms with Crippen molar-refractivity contribution in [2.75, 3.05) is 31.2 Å². The quantitative estimate of drug-likeness (QED) is 0.902. The fourth-order valence-corrected chi connectivity index (χ4v) is 3.82. The van der Waals surface area contributed by atoms with Crippen LogP contribution in [0.5, 0.6) is 5.75 Å². The van der Waals surface area contributed by atoms with Gasteiger partial charge in [0.25, 0.3) is 5.91 Å². The van der Waals surface area contributed by atoms with Crippen LogP contribution in [0.1, 0.15) is 42.2 Å². The predicted molar refractivity (Wildman–Crippen MR) is 105 cm³/mol. The minimum absolute atomic E-state index is 0.0546. The molecule has 1 atom stereocenters. The van der Waals surface area contributed by atoms with E-state index < -0.39 is 0 Å². The predicted octanol–water partition coefficient (Wildman–Crippen LogP) is 3.56. The highest BCUT2D eigenvalue weighted by molar-refractivity contribution is 5.94. The van der Waals surface area contributed by atoms with E-state index in [1.807, 2.05) is 48.5 Å². The van der Waals surface area contributed by atoms with E-state index in [4.69, 9.17) is 9.47 Å². The maximum Gasteiger partial charge on any atom is 0.251 e. The minimum atomic E-state index is -0.313. The zero-order valence-corrected chi connectivity index (χ0v) is 15.9. The SMILES string of the molecule is CC1(C)C[C@@H](NC(=O)c2ccc(N3CCOCC3)cc2)c2ccccc2O1. The number of hydrogen-bond donors (Lipinski definition) is 1. The molecule has 0 unspecified atom stereocenters. The molecule has 2 heterocycles. The molecular weight excluding hydrogens is 340 g/mol. The molecule has 0 radical (unpaired) electrons. The molecule has 1 amide bonds. The first kappa shape index (κ1) is 17.9. The van der Waals surface area contributed by atoms with Crippen molar-refractivity contribution in [3.05, 3.63) is 59.7 Å². The van der Waals surface area contributed by atoms with Crippen LogP contribution < -0.4 is 15.0 Å². The number of nitrogens with zero attached hydrogens (tertiary/aromatic N) is 1. The molecule has 1 fully saturated rings. The smallest absolute Gasteiger partial charge is 0.251 e. The molecule has 27 heavy (non-hydrogen) atoms. The molecule has 2 aliphatic heterocycles. The molecule has 2 aliphatic rings. The van der Waals surface area contributed by atoms with E-state index in [0.29, 0.717) is 5.56 Å². The number of morpholine rings is 1. The Balaban J connectivity index is 1.49. The zero-order chi connectivity index (χ0) is 18.9. The molecule has 5 heteroatoms. The average Bonchev–Trinajstić information content (AvgIpc) is 2.68. The van der Waals surface area contributed by atoms with Gasteiger partial charge in [-0.1, -0.05) is 18.2 Å². The lowest BCUT2D eigenvalue weighted by Gasteiger charge is -2.37. The lowest BCUT2D eigenvalue weighted by molar-refractivity contribution is 0.0619. The van der Waals surface area contributed by atoms with Crippen molar-refractivity contribution in [3.8, 4) is 5.75 Å². The van der Waals surface area contributed by atoms with Crippen molar-refractivity contribution in [2.45, 2.75) is 31.9 Å². The van der Waals surface area contributed by atoms with Gasteiger partial charge >= 0.3 is 0 Å². The zero-order valence-electron chi connectivity index (χ0n) is 15.9. The molecule has 0 spiro atoms. The number of benzene rings is 2. The third kappa shape index (κ3) is 3.93. The van der Waals surface area contributed by atoms with Crippen molar-refractivity contribution in [3.63, 3.8) is 0 Å². The summed E-state index contributed by atoms with van der Waals surface area (Å²) in [6.45, 7) is 7.39. The lowest BCUT2D eigenvalue weighted by atomic mass is 9.89. The molecule has 0 saturated carbocycles. The van der Waals surface area contributed by atoms with Gasteiger partial charge in [-0.25, -0.2) is 0 Å². The van der Waals surface area contributed by atoms with Gasteiger partial charge in [-0.15, -0.1) is 0 Å². The molecule has 5 nitrogen and oxygen atoms in total. The van der Waals surface area contributed by atoms with E-state index in [1.165, 1.54) is 0 Å². The Morgan fingerprint density at radius 2 is 1.78 bits per heavy atom. The number of carbonyl (C=O) groups is 1. The average molecular weight is 366 g/mol. The normalized spacial score (nSPS) is 21.1. The van der Waals surface area contributed by atoms with Gasteiger partial charge in [0.05, 0.1) is 19.3 Å². The summed E-state index contributed by atoms with van der Waals surface area (Å²) >= 11 is 0. The van der Waals surface area contributed by atoms with Crippen LogP contribution in [0.2, 0.25) is 0 Å². The van der Waals surface area contributed by atoms with Crippen molar-refractivity contribution in [2.24, 2.45) is 0 Å². The van der Waals surface area contributed by atoms with E-state index in [0.717, 1.165) is 49.7 Å². The number of para-hydroxylation sites is 1. The number of fused-ring (bicyclic) bond motifs is 1. The largest absolute Gasteiger partial charge is 0.487 e. The van der Waals surface area contributed by atoms with Gasteiger partial charge in [0, 0.05) is 36.3 Å². The van der Waals surface area contributed by atoms with Crippen LogP contribution in [0.15, 0.2) is 48.5 Å². The number of carbonyl (C=O) groups excluding carboxylic acids is 1. The number of anilines is 1. The van der Waals surface area contributed by atoms with Crippen LogP contribution in [0.4, 0.5) is 5.69 Å². The van der Waals surface area contributed by atoms with Gasteiger partial charge in [0.15, 0.2) is 0 Å². The molecule has 1 N–H and O–H groups in total. The summed E-state index contributed by atoms with van der Waals surface area (Å²) in [5.74, 6) is 0.794. The molecular formula is C22H26N2O3. The van der Waals surface area contributed by atoms with Crippen LogP contribution in [0.3, 0.4) is 0 Å². The van der Waals surface area contributed by atoms with Gasteiger partial charge in [-0.2, -0.15) is 0 Å². The number of rotatable bonds is 3. The van der Waals surface area contributed by atoms with Gasteiger partial charge < -0.3 is 19.7 Å². The maximum absolute atomic E-state index is 12.8. The second-order valence-corrected chi connectivity index (χ2v) is 7.78. The van der Waals surface area contributed by atoms with Crippen molar-refractivity contribution in [1.82, 2.24) is 5.32 Å². The minimum Gasteiger partial charge on any atom is -0.487 e. The first-order chi connectivity index (χ1) is 13.0. The summed E-state index contributed by atoms with van der Waals surface area (Å²) in [7, 11) is 0. The lowest BCUT2D eigenvalue weighted by Crippen LogP contribution is -2.41. The molecule has 0 bridgehead atoms. The number of ether oxygens (including phenoxy) is 2. The van der Waals surface area contributed by atoms with Crippen molar-refractivity contribution < 1.29 is 14.3 Å². The monoisotopic (exact) mass is 366 g/mol. The highest BCUT2D eigenvalue weighted by Gasteiger charge is 2.34. The van der Waals surface area contributed by atoms with Crippen molar-refractivity contribution >= 4 is 11.6 Å². The number of amides is 1. The number of nitrogens with one attached hydrogen (secondary N) is 1. The highest BCUT2D eigenvalue weighted by Crippen LogP contribution is 2.39. The fraction of sp³-hybridized carbons (Fsp3) is 0.409. The summed E-state index contributed by atoms with van der Waals surface area (Å²) in [5, 5.41) is 3.19. The first-order valence-electron chi connectivity index (χ1n) is 9.53. The van der Waals surface area contributed by atoms with E-state index >= 15 is 0 Å². The Morgan fingerprint density at radius 3 is 2.52 bits per heavy atom. The first-order valence-corrected chi connectivity index (χ1v) is 9.53. The summed E-state index contributed by atoms with van der Waals surface area (Å²) < 4.78 is 11.4. The molecule has 1 saturated heterocycles. The second-order valence-electron chi connectivity index (χ2n) is 7.78. The third-order valence-corrected chi connectivity index (χ3v) is 5.19. The van der Waals surface area contributed by atoms with E-state index in [1.54, 1.807) is 0 Å². The van der Waals surface area contributed by atoms with Gasteiger partial charge in [-0.05, 0) is 44.2 Å². The molecule has 0 aromatic heterocycles.